The topological polar surface area (TPSA) is 77.4 Å². The number of halogens is 1. The number of nitrogens with zero attached hydrogens (tertiary/aromatic N) is 2. The first-order chi connectivity index (χ1) is 15.2. The Balaban J connectivity index is 1.40. The minimum Gasteiger partial charge on any atom is -0.454 e. The predicted molar refractivity (Wildman–Crippen MR) is 117 cm³/mol. The largest absolute Gasteiger partial charge is 0.454 e. The second kappa shape index (κ2) is 8.61. The van der Waals surface area contributed by atoms with Crippen LogP contribution >= 0.6 is 11.6 Å². The Hall–Kier alpha value is -3.03. The highest BCUT2D eigenvalue weighted by atomic mass is 35.5. The summed E-state index contributed by atoms with van der Waals surface area (Å²) in [4.78, 5) is 13.2. The van der Waals surface area contributed by atoms with E-state index in [0.29, 0.717) is 22.9 Å². The van der Waals surface area contributed by atoms with E-state index in [9.17, 15) is 4.79 Å². The summed E-state index contributed by atoms with van der Waals surface area (Å²) >= 11 is 6.06. The molecule has 3 heterocycles. The standard InChI is InChI=1S/C23H23ClN4O3/c24-17-2-4-18(5-3-17)28-22(16-7-9-25-10-8-16)19(13-27-28)23(29)26-12-15-1-6-20-21(11-15)31-14-30-20/h1-6,11,13,16,25H,7-10,12,14H2,(H,26,29). The number of rotatable bonds is 5. The van der Waals surface area contributed by atoms with Crippen LogP contribution < -0.4 is 20.1 Å². The van der Waals surface area contributed by atoms with Gasteiger partial charge in [0.2, 0.25) is 6.79 Å². The third-order valence-corrected chi connectivity index (χ3v) is 5.99. The minimum absolute atomic E-state index is 0.133. The SMILES string of the molecule is O=C(NCc1ccc2c(c1)OCO2)c1cnn(-c2ccc(Cl)cc2)c1C1CCNCC1. The average Bonchev–Trinajstić information content (AvgIpc) is 3.45. The first-order valence-corrected chi connectivity index (χ1v) is 10.8. The molecular formula is C23H23ClN4O3. The Labute approximate surface area is 185 Å². The van der Waals surface area contributed by atoms with E-state index >= 15 is 0 Å². The summed E-state index contributed by atoms with van der Waals surface area (Å²) < 4.78 is 12.7. The maximum absolute atomic E-state index is 13.2. The predicted octanol–water partition coefficient (Wildman–Crippen LogP) is 3.65. The molecule has 0 bridgehead atoms. The fraction of sp³-hybridized carbons (Fsp3) is 0.304. The van der Waals surface area contributed by atoms with E-state index < -0.39 is 0 Å². The number of benzene rings is 2. The van der Waals surface area contributed by atoms with E-state index in [4.69, 9.17) is 21.1 Å². The molecule has 2 aromatic carbocycles. The van der Waals surface area contributed by atoms with Crippen molar-refractivity contribution >= 4 is 17.5 Å². The normalized spacial score (nSPS) is 15.8. The zero-order valence-electron chi connectivity index (χ0n) is 16.9. The second-order valence-corrected chi connectivity index (χ2v) is 8.16. The molecule has 0 unspecified atom stereocenters. The van der Waals surface area contributed by atoms with Gasteiger partial charge >= 0.3 is 0 Å². The van der Waals surface area contributed by atoms with Crippen molar-refractivity contribution < 1.29 is 14.3 Å². The summed E-state index contributed by atoms with van der Waals surface area (Å²) in [5.74, 6) is 1.56. The Kier molecular flexibility index (Phi) is 5.53. The van der Waals surface area contributed by atoms with Gasteiger partial charge in [-0.2, -0.15) is 5.10 Å². The Morgan fingerprint density at radius 1 is 1.13 bits per heavy atom. The molecule has 0 spiro atoms. The zero-order valence-corrected chi connectivity index (χ0v) is 17.7. The van der Waals surface area contributed by atoms with Gasteiger partial charge in [0, 0.05) is 17.5 Å². The molecule has 0 atom stereocenters. The first-order valence-electron chi connectivity index (χ1n) is 10.4. The van der Waals surface area contributed by atoms with E-state index in [-0.39, 0.29) is 18.6 Å². The van der Waals surface area contributed by atoms with Crippen LogP contribution in [0.4, 0.5) is 0 Å². The van der Waals surface area contributed by atoms with Gasteiger partial charge < -0.3 is 20.1 Å². The number of piperidine rings is 1. The quantitative estimate of drug-likeness (QED) is 0.635. The molecule has 1 aromatic heterocycles. The summed E-state index contributed by atoms with van der Waals surface area (Å²) in [5, 5.41) is 11.7. The van der Waals surface area contributed by atoms with Gasteiger partial charge in [-0.15, -0.1) is 0 Å². The minimum atomic E-state index is -0.133. The second-order valence-electron chi connectivity index (χ2n) is 7.73. The van der Waals surface area contributed by atoms with Crippen LogP contribution in [0, 0.1) is 0 Å². The summed E-state index contributed by atoms with van der Waals surface area (Å²) in [6.45, 7) is 2.48. The van der Waals surface area contributed by atoms with Crippen molar-refractivity contribution in [1.29, 1.82) is 0 Å². The lowest BCUT2D eigenvalue weighted by molar-refractivity contribution is 0.0949. The Bertz CT molecular complexity index is 1090. The number of fused-ring (bicyclic) bond motifs is 1. The first kappa shape index (κ1) is 19.9. The van der Waals surface area contributed by atoms with Gasteiger partial charge in [-0.1, -0.05) is 17.7 Å². The van der Waals surface area contributed by atoms with Gasteiger partial charge in [-0.3, -0.25) is 4.79 Å². The number of carbonyl (C=O) groups excluding carboxylic acids is 1. The molecule has 1 saturated heterocycles. The number of carbonyl (C=O) groups is 1. The molecule has 8 heteroatoms. The molecule has 0 radical (unpaired) electrons. The molecule has 1 amide bonds. The van der Waals surface area contributed by atoms with Gasteiger partial charge in [-0.25, -0.2) is 4.68 Å². The summed E-state index contributed by atoms with van der Waals surface area (Å²) in [6.07, 6.45) is 3.59. The third-order valence-electron chi connectivity index (χ3n) is 5.74. The number of ether oxygens (including phenoxy) is 2. The van der Waals surface area contributed by atoms with Crippen LogP contribution in [-0.2, 0) is 6.54 Å². The molecular weight excluding hydrogens is 416 g/mol. The highest BCUT2D eigenvalue weighted by Crippen LogP contribution is 2.33. The van der Waals surface area contributed by atoms with Gasteiger partial charge in [0.15, 0.2) is 11.5 Å². The van der Waals surface area contributed by atoms with Gasteiger partial charge in [0.25, 0.3) is 5.91 Å². The number of hydrogen-bond acceptors (Lipinski definition) is 5. The molecule has 3 aromatic rings. The molecule has 1 fully saturated rings. The Morgan fingerprint density at radius 3 is 2.71 bits per heavy atom. The van der Waals surface area contributed by atoms with E-state index in [0.717, 1.165) is 48.6 Å². The lowest BCUT2D eigenvalue weighted by Gasteiger charge is -2.24. The molecule has 2 aliphatic heterocycles. The number of nitrogens with one attached hydrogen (secondary N) is 2. The fourth-order valence-electron chi connectivity index (χ4n) is 4.14. The molecule has 0 saturated carbocycles. The smallest absolute Gasteiger partial charge is 0.255 e. The summed E-state index contributed by atoms with van der Waals surface area (Å²) in [5.41, 5.74) is 3.41. The highest BCUT2D eigenvalue weighted by Gasteiger charge is 2.27. The van der Waals surface area contributed by atoms with Crippen molar-refractivity contribution in [1.82, 2.24) is 20.4 Å². The maximum Gasteiger partial charge on any atom is 0.255 e. The van der Waals surface area contributed by atoms with Crippen LogP contribution in [0.3, 0.4) is 0 Å². The van der Waals surface area contributed by atoms with Crippen LogP contribution in [0.1, 0.15) is 40.4 Å². The van der Waals surface area contributed by atoms with E-state index in [1.807, 2.05) is 47.1 Å². The van der Waals surface area contributed by atoms with Crippen LogP contribution in [0.15, 0.2) is 48.7 Å². The van der Waals surface area contributed by atoms with Crippen molar-refractivity contribution in [2.45, 2.75) is 25.3 Å². The van der Waals surface area contributed by atoms with Crippen molar-refractivity contribution in [2.75, 3.05) is 19.9 Å². The molecule has 5 rings (SSSR count). The monoisotopic (exact) mass is 438 g/mol. The summed E-state index contributed by atoms with van der Waals surface area (Å²) in [6, 6.07) is 13.2. The Morgan fingerprint density at radius 2 is 1.90 bits per heavy atom. The molecule has 31 heavy (non-hydrogen) atoms. The van der Waals surface area contributed by atoms with Crippen LogP contribution in [-0.4, -0.2) is 35.6 Å². The molecule has 160 valence electrons. The number of hydrogen-bond donors (Lipinski definition) is 2. The van der Waals surface area contributed by atoms with Crippen molar-refractivity contribution in [3.05, 3.63) is 70.5 Å². The van der Waals surface area contributed by atoms with Gasteiger partial charge in [0.05, 0.1) is 23.1 Å². The van der Waals surface area contributed by atoms with Crippen LogP contribution in [0.5, 0.6) is 11.5 Å². The fourth-order valence-corrected chi connectivity index (χ4v) is 4.26. The molecule has 7 nitrogen and oxygen atoms in total. The van der Waals surface area contributed by atoms with E-state index in [1.54, 1.807) is 6.20 Å². The maximum atomic E-state index is 13.2. The van der Waals surface area contributed by atoms with Crippen molar-refractivity contribution in [3.63, 3.8) is 0 Å². The van der Waals surface area contributed by atoms with Gasteiger partial charge in [0.1, 0.15) is 0 Å². The zero-order chi connectivity index (χ0) is 21.2. The number of aromatic nitrogens is 2. The lowest BCUT2D eigenvalue weighted by atomic mass is 9.91. The van der Waals surface area contributed by atoms with Crippen molar-refractivity contribution in [2.24, 2.45) is 0 Å². The molecule has 0 aliphatic carbocycles. The molecule has 2 N–H and O–H groups in total. The number of amides is 1. The summed E-state index contributed by atoms with van der Waals surface area (Å²) in [7, 11) is 0. The molecule has 2 aliphatic rings. The lowest BCUT2D eigenvalue weighted by Crippen LogP contribution is -2.30. The van der Waals surface area contributed by atoms with E-state index in [1.165, 1.54) is 0 Å². The van der Waals surface area contributed by atoms with Crippen molar-refractivity contribution in [3.8, 4) is 17.2 Å². The van der Waals surface area contributed by atoms with E-state index in [2.05, 4.69) is 15.7 Å². The highest BCUT2D eigenvalue weighted by molar-refractivity contribution is 6.30. The van der Waals surface area contributed by atoms with Crippen LogP contribution in [0.25, 0.3) is 5.69 Å². The third kappa shape index (κ3) is 4.11. The van der Waals surface area contributed by atoms with Crippen LogP contribution in [0.2, 0.25) is 5.02 Å². The average molecular weight is 439 g/mol. The van der Waals surface area contributed by atoms with Gasteiger partial charge in [-0.05, 0) is 67.9 Å².